The average molecular weight is 580 g/mol. The van der Waals surface area contributed by atoms with Gasteiger partial charge in [0, 0.05) is 35.7 Å². The van der Waals surface area contributed by atoms with E-state index in [0.717, 1.165) is 65.2 Å². The van der Waals surface area contributed by atoms with Gasteiger partial charge in [0.05, 0.1) is 5.92 Å². The predicted octanol–water partition coefficient (Wildman–Crippen LogP) is 8.55. The molecule has 0 aliphatic carbocycles. The van der Waals surface area contributed by atoms with Crippen LogP contribution in [0.4, 0.5) is 17.1 Å². The van der Waals surface area contributed by atoms with Gasteiger partial charge in [-0.25, -0.2) is 0 Å². The Balaban J connectivity index is 1.11. The Morgan fingerprint density at radius 3 is 1.89 bits per heavy atom. The summed E-state index contributed by atoms with van der Waals surface area (Å²) >= 11 is 0. The number of amides is 2. The standard InChI is InChI=1S/C39H37N3O2/c1-28-12-8-9-17-34(28)35-18-10-11-19-36(35)38(43)40-32-20-22-33(23-21-32)42-26-24-30(25-27-42)37(29-13-4-2-5-14-29)39(44)41-31-15-6-3-7-16-31/h2-23,30,37H,24-27H2,1H3,(H,40,43)(H,41,44). The Labute approximate surface area is 259 Å². The molecule has 1 aliphatic heterocycles. The fourth-order valence-electron chi connectivity index (χ4n) is 6.28. The van der Waals surface area contributed by atoms with E-state index in [1.165, 1.54) is 0 Å². The first kappa shape index (κ1) is 28.9. The van der Waals surface area contributed by atoms with E-state index in [1.807, 2.05) is 97.1 Å². The molecule has 6 rings (SSSR count). The van der Waals surface area contributed by atoms with Crippen LogP contribution in [-0.2, 0) is 4.79 Å². The minimum absolute atomic E-state index is 0.0462. The van der Waals surface area contributed by atoms with Crippen LogP contribution in [0.5, 0.6) is 0 Å². The Kier molecular flexibility index (Phi) is 8.83. The van der Waals surface area contributed by atoms with E-state index >= 15 is 0 Å². The lowest BCUT2D eigenvalue weighted by molar-refractivity contribution is -0.118. The zero-order valence-electron chi connectivity index (χ0n) is 24.9. The summed E-state index contributed by atoms with van der Waals surface area (Å²) in [6.45, 7) is 3.79. The van der Waals surface area contributed by atoms with Gasteiger partial charge in [-0.2, -0.15) is 0 Å². The molecule has 5 aromatic rings. The van der Waals surface area contributed by atoms with Crippen LogP contribution in [0.15, 0.2) is 133 Å². The van der Waals surface area contributed by atoms with Crippen molar-refractivity contribution in [1.29, 1.82) is 0 Å². The van der Waals surface area contributed by atoms with Gasteiger partial charge in [-0.1, -0.05) is 91.0 Å². The minimum Gasteiger partial charge on any atom is -0.372 e. The summed E-state index contributed by atoms with van der Waals surface area (Å²) in [5.74, 6) is -0.0500. The number of hydrogen-bond donors (Lipinski definition) is 2. The molecule has 0 aromatic heterocycles. The van der Waals surface area contributed by atoms with Crippen molar-refractivity contribution in [3.8, 4) is 11.1 Å². The van der Waals surface area contributed by atoms with Crippen LogP contribution in [0.1, 0.15) is 40.2 Å². The van der Waals surface area contributed by atoms with E-state index in [4.69, 9.17) is 0 Å². The minimum atomic E-state index is -0.210. The summed E-state index contributed by atoms with van der Waals surface area (Å²) in [5.41, 5.74) is 7.52. The highest BCUT2D eigenvalue weighted by Gasteiger charge is 2.33. The van der Waals surface area contributed by atoms with E-state index in [0.29, 0.717) is 5.56 Å². The van der Waals surface area contributed by atoms with Crippen LogP contribution in [0.3, 0.4) is 0 Å². The third kappa shape index (κ3) is 6.57. The summed E-state index contributed by atoms with van der Waals surface area (Å²) in [5, 5.41) is 6.23. The maximum absolute atomic E-state index is 13.6. The Hall–Kier alpha value is -5.16. The van der Waals surface area contributed by atoms with Crippen LogP contribution in [-0.4, -0.2) is 24.9 Å². The molecule has 0 bridgehead atoms. The maximum Gasteiger partial charge on any atom is 0.256 e. The van der Waals surface area contributed by atoms with E-state index < -0.39 is 0 Å². The lowest BCUT2D eigenvalue weighted by Crippen LogP contribution is -2.38. The molecule has 0 spiro atoms. The summed E-state index contributed by atoms with van der Waals surface area (Å²) < 4.78 is 0. The van der Waals surface area contributed by atoms with Gasteiger partial charge in [0.25, 0.3) is 5.91 Å². The lowest BCUT2D eigenvalue weighted by Gasteiger charge is -2.37. The van der Waals surface area contributed by atoms with Crippen LogP contribution in [0.2, 0.25) is 0 Å². The van der Waals surface area contributed by atoms with Crippen molar-refractivity contribution in [2.75, 3.05) is 28.6 Å². The van der Waals surface area contributed by atoms with E-state index in [2.05, 4.69) is 58.9 Å². The third-order valence-corrected chi connectivity index (χ3v) is 8.59. The number of piperidine rings is 1. The number of anilines is 3. The normalized spacial score (nSPS) is 14.1. The molecule has 5 heteroatoms. The van der Waals surface area contributed by atoms with Gasteiger partial charge in [0.2, 0.25) is 5.91 Å². The quantitative estimate of drug-likeness (QED) is 0.194. The topological polar surface area (TPSA) is 61.4 Å². The van der Waals surface area contributed by atoms with E-state index in [9.17, 15) is 9.59 Å². The maximum atomic E-state index is 13.6. The first-order chi connectivity index (χ1) is 21.6. The first-order valence-corrected chi connectivity index (χ1v) is 15.3. The molecule has 1 unspecified atom stereocenters. The molecule has 5 aromatic carbocycles. The molecule has 1 saturated heterocycles. The predicted molar refractivity (Wildman–Crippen MR) is 180 cm³/mol. The molecule has 2 amide bonds. The number of nitrogens with zero attached hydrogens (tertiary/aromatic N) is 1. The second kappa shape index (κ2) is 13.4. The third-order valence-electron chi connectivity index (χ3n) is 8.59. The lowest BCUT2D eigenvalue weighted by atomic mass is 9.79. The first-order valence-electron chi connectivity index (χ1n) is 15.3. The summed E-state index contributed by atoms with van der Waals surface area (Å²) in [4.78, 5) is 29.3. The average Bonchev–Trinajstić information content (AvgIpc) is 3.07. The molecule has 1 atom stereocenters. The monoisotopic (exact) mass is 579 g/mol. The molecule has 0 saturated carbocycles. The van der Waals surface area contributed by atoms with Crippen LogP contribution in [0.25, 0.3) is 11.1 Å². The Morgan fingerprint density at radius 2 is 1.20 bits per heavy atom. The van der Waals surface area contributed by atoms with Gasteiger partial charge in [-0.15, -0.1) is 0 Å². The second-order valence-corrected chi connectivity index (χ2v) is 11.4. The molecule has 220 valence electrons. The highest BCUT2D eigenvalue weighted by molar-refractivity contribution is 6.09. The van der Waals surface area contributed by atoms with Crippen molar-refractivity contribution in [1.82, 2.24) is 0 Å². The number of para-hydroxylation sites is 1. The Morgan fingerprint density at radius 1 is 0.636 bits per heavy atom. The molecule has 1 heterocycles. The van der Waals surface area contributed by atoms with Gasteiger partial charge in [-0.3, -0.25) is 9.59 Å². The van der Waals surface area contributed by atoms with Gasteiger partial charge < -0.3 is 15.5 Å². The van der Waals surface area contributed by atoms with Crippen LogP contribution < -0.4 is 15.5 Å². The number of rotatable bonds is 8. The SMILES string of the molecule is Cc1ccccc1-c1ccccc1C(=O)Nc1ccc(N2CCC(C(C(=O)Nc3ccccc3)c3ccccc3)CC2)cc1. The molecule has 1 fully saturated rings. The fraction of sp³-hybridized carbons (Fsp3) is 0.179. The molecular formula is C39H37N3O2. The number of carbonyl (C=O) groups excluding carboxylic acids is 2. The molecular weight excluding hydrogens is 542 g/mol. The second-order valence-electron chi connectivity index (χ2n) is 11.4. The number of benzene rings is 5. The van der Waals surface area contributed by atoms with E-state index in [-0.39, 0.29) is 23.7 Å². The number of nitrogens with one attached hydrogen (secondary N) is 2. The van der Waals surface area contributed by atoms with Gasteiger partial charge in [-0.05, 0) is 90.4 Å². The highest BCUT2D eigenvalue weighted by atomic mass is 16.2. The van der Waals surface area contributed by atoms with Crippen molar-refractivity contribution in [2.24, 2.45) is 5.92 Å². The molecule has 5 nitrogen and oxygen atoms in total. The number of hydrogen-bond acceptors (Lipinski definition) is 3. The van der Waals surface area contributed by atoms with Crippen LogP contribution >= 0.6 is 0 Å². The Bertz CT molecular complexity index is 1710. The van der Waals surface area contributed by atoms with Gasteiger partial charge in [0.1, 0.15) is 0 Å². The van der Waals surface area contributed by atoms with Gasteiger partial charge >= 0.3 is 0 Å². The van der Waals surface area contributed by atoms with E-state index in [1.54, 1.807) is 0 Å². The fourth-order valence-corrected chi connectivity index (χ4v) is 6.28. The van der Waals surface area contributed by atoms with Crippen molar-refractivity contribution in [3.05, 3.63) is 150 Å². The summed E-state index contributed by atoms with van der Waals surface area (Å²) in [7, 11) is 0. The van der Waals surface area contributed by atoms with Crippen molar-refractivity contribution >= 4 is 28.9 Å². The van der Waals surface area contributed by atoms with Crippen molar-refractivity contribution in [2.45, 2.75) is 25.7 Å². The number of aryl methyl sites for hydroxylation is 1. The van der Waals surface area contributed by atoms with Gasteiger partial charge in [0.15, 0.2) is 0 Å². The largest absolute Gasteiger partial charge is 0.372 e. The molecule has 2 N–H and O–H groups in total. The zero-order valence-corrected chi connectivity index (χ0v) is 24.9. The molecule has 0 radical (unpaired) electrons. The summed E-state index contributed by atoms with van der Waals surface area (Å²) in [6, 6.07) is 43.8. The number of carbonyl (C=O) groups is 2. The highest BCUT2D eigenvalue weighted by Crippen LogP contribution is 2.36. The molecule has 44 heavy (non-hydrogen) atoms. The van der Waals surface area contributed by atoms with Crippen molar-refractivity contribution in [3.63, 3.8) is 0 Å². The molecule has 1 aliphatic rings. The zero-order chi connectivity index (χ0) is 30.3. The van der Waals surface area contributed by atoms with Crippen LogP contribution in [0, 0.1) is 12.8 Å². The summed E-state index contributed by atoms with van der Waals surface area (Å²) in [6.07, 6.45) is 1.83. The van der Waals surface area contributed by atoms with Crippen molar-refractivity contribution < 1.29 is 9.59 Å². The smallest absolute Gasteiger partial charge is 0.256 e.